The molecule has 3 saturated carbocycles. The fraction of sp³-hybridized carbons (Fsp3) is 0.840. The van der Waals surface area contributed by atoms with Gasteiger partial charge in [-0.05, 0) is 80.5 Å². The van der Waals surface area contributed by atoms with E-state index in [-0.39, 0.29) is 30.3 Å². The number of ketones is 2. The van der Waals surface area contributed by atoms with E-state index in [9.17, 15) is 9.59 Å². The van der Waals surface area contributed by atoms with Crippen molar-refractivity contribution in [3.05, 3.63) is 11.6 Å². The fourth-order valence-corrected chi connectivity index (χ4v) is 8.33. The van der Waals surface area contributed by atoms with Gasteiger partial charge in [-0.1, -0.05) is 39.2 Å². The minimum atomic E-state index is -0.640. The number of hydrogen-bond acceptors (Lipinski definition) is 4. The molecule has 0 aromatic carbocycles. The van der Waals surface area contributed by atoms with Crippen molar-refractivity contribution in [3.8, 4) is 0 Å². The van der Waals surface area contributed by atoms with Gasteiger partial charge in [-0.3, -0.25) is 9.59 Å². The van der Waals surface area contributed by atoms with Gasteiger partial charge in [0.05, 0.1) is 6.61 Å². The van der Waals surface area contributed by atoms with E-state index in [1.54, 1.807) is 0 Å². The smallest absolute Gasteiger partial charge is 0.404 e. The second kappa shape index (κ2) is 7.30. The predicted octanol–water partition coefficient (Wildman–Crippen LogP) is 5.16. The Morgan fingerprint density at radius 2 is 1.87 bits per heavy atom. The molecule has 0 aromatic heterocycles. The summed E-state index contributed by atoms with van der Waals surface area (Å²) < 4.78 is 12.4. The number of rotatable bonds is 3. The molecular formula is C25H37BO4. The summed E-state index contributed by atoms with van der Waals surface area (Å²) in [5.74, 6) is 2.34. The highest BCUT2D eigenvalue weighted by Gasteiger charge is 2.68. The Balaban J connectivity index is 1.44. The van der Waals surface area contributed by atoms with Gasteiger partial charge in [-0.15, -0.1) is 0 Å². The molecule has 4 nitrogen and oxygen atoms in total. The summed E-state index contributed by atoms with van der Waals surface area (Å²) in [6.45, 7) is 7.19. The summed E-state index contributed by atoms with van der Waals surface area (Å²) >= 11 is 0. The fourth-order valence-electron chi connectivity index (χ4n) is 8.33. The van der Waals surface area contributed by atoms with Crippen LogP contribution in [0, 0.1) is 28.6 Å². The lowest BCUT2D eigenvalue weighted by Gasteiger charge is -2.60. The lowest BCUT2D eigenvalue weighted by molar-refractivity contribution is -0.170. The van der Waals surface area contributed by atoms with Crippen LogP contribution in [0.4, 0.5) is 0 Å². The highest BCUT2D eigenvalue weighted by Crippen LogP contribution is 2.68. The van der Waals surface area contributed by atoms with E-state index in [1.165, 1.54) is 12.0 Å². The van der Waals surface area contributed by atoms with Crippen LogP contribution < -0.4 is 0 Å². The molecule has 5 heteroatoms. The summed E-state index contributed by atoms with van der Waals surface area (Å²) in [4.78, 5) is 25.3. The monoisotopic (exact) mass is 412 g/mol. The van der Waals surface area contributed by atoms with Crippen molar-refractivity contribution in [2.24, 2.45) is 28.6 Å². The third kappa shape index (κ3) is 2.80. The van der Waals surface area contributed by atoms with Crippen molar-refractivity contribution < 1.29 is 18.9 Å². The lowest BCUT2D eigenvalue weighted by atomic mass is 9.46. The van der Waals surface area contributed by atoms with Crippen LogP contribution in [0.5, 0.6) is 0 Å². The minimum absolute atomic E-state index is 0.0818. The van der Waals surface area contributed by atoms with Crippen molar-refractivity contribution in [3.63, 3.8) is 0 Å². The molecule has 0 N–H and O–H groups in total. The van der Waals surface area contributed by atoms with E-state index < -0.39 is 5.60 Å². The Kier molecular flexibility index (Phi) is 5.10. The number of carbonyl (C=O) groups excluding carboxylic acids is 2. The van der Waals surface area contributed by atoms with Crippen LogP contribution in [0.3, 0.4) is 0 Å². The molecule has 6 unspecified atom stereocenters. The zero-order chi connectivity index (χ0) is 21.1. The summed E-state index contributed by atoms with van der Waals surface area (Å²) in [6, 6.07) is 0. The molecule has 0 radical (unpaired) electrons. The summed E-state index contributed by atoms with van der Waals surface area (Å²) in [6.07, 6.45) is 13.2. The number of carbonyl (C=O) groups is 2. The van der Waals surface area contributed by atoms with E-state index in [2.05, 4.69) is 20.8 Å². The molecule has 5 rings (SSSR count). The molecule has 4 aliphatic carbocycles. The van der Waals surface area contributed by atoms with E-state index in [4.69, 9.17) is 9.31 Å². The molecule has 0 bridgehead atoms. The van der Waals surface area contributed by atoms with Crippen LogP contribution in [0.25, 0.3) is 0 Å². The predicted molar refractivity (Wildman–Crippen MR) is 117 cm³/mol. The molecule has 164 valence electrons. The Morgan fingerprint density at radius 3 is 2.67 bits per heavy atom. The van der Waals surface area contributed by atoms with Crippen LogP contribution in [-0.4, -0.2) is 30.9 Å². The quantitative estimate of drug-likeness (QED) is 0.601. The first-order valence-electron chi connectivity index (χ1n) is 12.4. The minimum Gasteiger partial charge on any atom is -0.404 e. The summed E-state index contributed by atoms with van der Waals surface area (Å²) in [7, 11) is -0.223. The van der Waals surface area contributed by atoms with Gasteiger partial charge in [0.15, 0.2) is 11.6 Å². The van der Waals surface area contributed by atoms with Crippen LogP contribution in [0.1, 0.15) is 85.0 Å². The van der Waals surface area contributed by atoms with Gasteiger partial charge >= 0.3 is 7.12 Å². The topological polar surface area (TPSA) is 52.6 Å². The Bertz CT molecular complexity index is 777. The van der Waals surface area contributed by atoms with Crippen LogP contribution in [0.15, 0.2) is 11.6 Å². The molecule has 4 fully saturated rings. The van der Waals surface area contributed by atoms with Gasteiger partial charge in [-0.25, -0.2) is 0 Å². The molecule has 1 spiro atoms. The molecule has 6 atom stereocenters. The number of hydrogen-bond donors (Lipinski definition) is 0. The molecular weight excluding hydrogens is 375 g/mol. The number of allylic oxidation sites excluding steroid dienone is 1. The average molecular weight is 412 g/mol. The second-order valence-electron chi connectivity index (χ2n) is 11.2. The number of unbranched alkanes of at least 4 members (excludes halogenated alkanes) is 1. The van der Waals surface area contributed by atoms with E-state index in [0.29, 0.717) is 30.0 Å². The van der Waals surface area contributed by atoms with Crippen LogP contribution in [0.2, 0.25) is 6.32 Å². The maximum Gasteiger partial charge on any atom is 0.457 e. The molecule has 1 heterocycles. The van der Waals surface area contributed by atoms with Crippen molar-refractivity contribution in [1.82, 2.24) is 0 Å². The largest absolute Gasteiger partial charge is 0.457 e. The molecule has 1 saturated heterocycles. The first kappa shape index (κ1) is 20.9. The third-order valence-electron chi connectivity index (χ3n) is 10.1. The highest BCUT2D eigenvalue weighted by atomic mass is 16.6. The highest BCUT2D eigenvalue weighted by molar-refractivity contribution is 6.46. The Labute approximate surface area is 181 Å². The molecule has 5 aliphatic rings. The SMILES string of the molecule is CCCCB1OCC(=O)C2(CCC3C4CCC5=CC(=O)CCC5(C)C4CCC32C)O1. The normalized spacial score (nSPS) is 45.8. The Hall–Kier alpha value is -0.935. The zero-order valence-electron chi connectivity index (χ0n) is 19.0. The first-order valence-corrected chi connectivity index (χ1v) is 12.4. The van der Waals surface area contributed by atoms with Crippen LogP contribution >= 0.6 is 0 Å². The molecule has 30 heavy (non-hydrogen) atoms. The molecule has 1 aliphatic heterocycles. The third-order valence-corrected chi connectivity index (χ3v) is 10.1. The maximum absolute atomic E-state index is 13.3. The zero-order valence-corrected chi connectivity index (χ0v) is 19.0. The first-order chi connectivity index (χ1) is 14.3. The standard InChI is InChI=1S/C25H37BO4/c1-4-5-14-26-29-16-22(28)25(30-26)13-10-21-19-7-6-17-15-18(27)8-11-23(17,2)20(19)9-12-24(21,25)3/h15,19-21H,4-14,16H2,1-3H3. The van der Waals surface area contributed by atoms with Crippen molar-refractivity contribution >= 4 is 18.7 Å². The second-order valence-corrected chi connectivity index (χ2v) is 11.2. The Morgan fingerprint density at radius 1 is 1.07 bits per heavy atom. The van der Waals surface area contributed by atoms with Gasteiger partial charge in [0, 0.05) is 11.8 Å². The van der Waals surface area contributed by atoms with Crippen molar-refractivity contribution in [2.75, 3.05) is 6.61 Å². The van der Waals surface area contributed by atoms with E-state index >= 15 is 0 Å². The average Bonchev–Trinajstić information content (AvgIpc) is 3.02. The van der Waals surface area contributed by atoms with Gasteiger partial charge in [0.25, 0.3) is 0 Å². The van der Waals surface area contributed by atoms with Gasteiger partial charge in [-0.2, -0.15) is 0 Å². The summed E-state index contributed by atoms with van der Waals surface area (Å²) in [5, 5.41) is 0. The maximum atomic E-state index is 13.3. The van der Waals surface area contributed by atoms with Crippen molar-refractivity contribution in [1.29, 1.82) is 0 Å². The lowest BCUT2D eigenvalue weighted by Crippen LogP contribution is -2.63. The summed E-state index contributed by atoms with van der Waals surface area (Å²) in [5.41, 5.74) is 0.868. The van der Waals surface area contributed by atoms with E-state index in [1.807, 2.05) is 6.08 Å². The van der Waals surface area contributed by atoms with Gasteiger partial charge in [0.1, 0.15) is 5.60 Å². The molecule has 0 aromatic rings. The number of fused-ring (bicyclic) bond motifs is 6. The van der Waals surface area contributed by atoms with Crippen molar-refractivity contribution in [2.45, 2.75) is 96.9 Å². The van der Waals surface area contributed by atoms with E-state index in [0.717, 1.165) is 57.7 Å². The number of Topliss-reactive ketones (excluding diaryl/α,β-unsaturated/α-hetero) is 1. The van der Waals surface area contributed by atoms with Gasteiger partial charge in [0.2, 0.25) is 0 Å². The van der Waals surface area contributed by atoms with Crippen LogP contribution in [-0.2, 0) is 18.9 Å². The van der Waals surface area contributed by atoms with Gasteiger partial charge < -0.3 is 9.31 Å². The molecule has 0 amide bonds.